The Labute approximate surface area is 240 Å². The van der Waals surface area contributed by atoms with Crippen molar-refractivity contribution >= 4 is 11.9 Å². The molecule has 8 nitrogen and oxygen atoms in total. The molecular formula is C30H31F4N7O+. The number of piperidine rings is 1. The number of rotatable bonds is 6. The third kappa shape index (κ3) is 5.26. The summed E-state index contributed by atoms with van der Waals surface area (Å²) in [4.78, 5) is 15.6. The molecule has 3 aromatic rings. The summed E-state index contributed by atoms with van der Waals surface area (Å²) in [5.41, 5.74) is -1.50. The normalized spacial score (nSPS) is 20.5. The number of imidazole rings is 1. The van der Waals surface area contributed by atoms with E-state index < -0.39 is 23.1 Å². The van der Waals surface area contributed by atoms with Gasteiger partial charge in [0.15, 0.2) is 0 Å². The number of fused-ring (bicyclic) bond motifs is 1. The number of pyridine rings is 1. The lowest BCUT2D eigenvalue weighted by Gasteiger charge is -2.34. The van der Waals surface area contributed by atoms with E-state index in [2.05, 4.69) is 16.3 Å². The average Bonchev–Trinajstić information content (AvgIpc) is 3.48. The standard InChI is InChI=1S/C30H31F4N7O/c1-29(31)6-8-39(9-7-29)15-20-12-24(30(32,33)34)25-17-40(28(42)41(25)16-20)23-11-19(14-35)10-22(13-23)26(21-4-3-5-21)27-37-36-18-38(27)2/h10-13,16-18,21,26H,3-9,15H2,1-2H3/q+1/t26-/m0/s1. The van der Waals surface area contributed by atoms with E-state index in [0.29, 0.717) is 37.2 Å². The van der Waals surface area contributed by atoms with Crippen LogP contribution in [-0.4, -0.2) is 50.6 Å². The molecule has 0 bridgehead atoms. The topological polar surface area (TPSA) is 81.2 Å². The maximum Gasteiger partial charge on any atom is 0.418 e. The Bertz CT molecular complexity index is 1680. The van der Waals surface area contributed by atoms with E-state index in [0.717, 1.165) is 41.5 Å². The van der Waals surface area contributed by atoms with Gasteiger partial charge in [-0.2, -0.15) is 18.4 Å². The van der Waals surface area contributed by atoms with Crippen LogP contribution in [0.15, 0.2) is 51.7 Å². The molecule has 42 heavy (non-hydrogen) atoms. The zero-order valence-electron chi connectivity index (χ0n) is 23.4. The van der Waals surface area contributed by atoms with E-state index in [1.807, 2.05) is 16.5 Å². The van der Waals surface area contributed by atoms with E-state index in [9.17, 15) is 27.6 Å². The first kappa shape index (κ1) is 28.3. The first-order chi connectivity index (χ1) is 19.9. The van der Waals surface area contributed by atoms with Crippen LogP contribution in [0.1, 0.15) is 67.2 Å². The molecule has 0 N–H and O–H groups in total. The molecule has 2 aromatic heterocycles. The average molecular weight is 582 g/mol. The van der Waals surface area contributed by atoms with Crippen molar-refractivity contribution < 1.29 is 22.1 Å². The highest BCUT2D eigenvalue weighted by Gasteiger charge is 2.42. The second-order valence-electron chi connectivity index (χ2n) is 11.9. The highest BCUT2D eigenvalue weighted by atomic mass is 19.4. The molecule has 1 atom stereocenters. The molecule has 0 spiro atoms. The molecule has 219 valence electrons. The summed E-state index contributed by atoms with van der Waals surface area (Å²) in [7, 11) is 1.84. The molecule has 3 aliphatic rings. The number of likely N-dealkylation sites (N-methyl/N-ethyl adjacent to an activating group) is 1. The fourth-order valence-corrected chi connectivity index (χ4v) is 6.18. The number of nitriles is 1. The number of likely N-dealkylation sites (tertiary alicyclic amines) is 1. The van der Waals surface area contributed by atoms with E-state index >= 15 is 0 Å². The van der Waals surface area contributed by atoms with Crippen molar-refractivity contribution in [3.05, 3.63) is 75.6 Å². The van der Waals surface area contributed by atoms with Crippen LogP contribution in [0.2, 0.25) is 0 Å². The summed E-state index contributed by atoms with van der Waals surface area (Å²) < 4.78 is 61.2. The van der Waals surface area contributed by atoms with Crippen LogP contribution in [0.4, 0.5) is 17.6 Å². The number of hydrogen-bond donors (Lipinski definition) is 0. The third-order valence-corrected chi connectivity index (χ3v) is 8.79. The van der Waals surface area contributed by atoms with Crippen molar-refractivity contribution in [2.24, 2.45) is 16.1 Å². The minimum Gasteiger partial charge on any atom is -0.299 e. The Balaban J connectivity index is 1.44. The second-order valence-corrected chi connectivity index (χ2v) is 11.9. The third-order valence-electron chi connectivity index (χ3n) is 8.79. The van der Waals surface area contributed by atoms with Crippen LogP contribution in [0, 0.1) is 23.4 Å². The van der Waals surface area contributed by atoms with Crippen molar-refractivity contribution in [2.75, 3.05) is 20.1 Å². The molecule has 1 saturated heterocycles. The maximum absolute atomic E-state index is 14.3. The minimum atomic E-state index is -4.71. The largest absolute Gasteiger partial charge is 0.418 e. The number of azo groups is 1. The molecule has 4 heterocycles. The van der Waals surface area contributed by atoms with Gasteiger partial charge in [0.1, 0.15) is 5.67 Å². The predicted octanol–water partition coefficient (Wildman–Crippen LogP) is 5.81. The Morgan fingerprint density at radius 1 is 1.17 bits per heavy atom. The van der Waals surface area contributed by atoms with Crippen LogP contribution in [0.25, 0.3) is 11.2 Å². The molecule has 1 aliphatic carbocycles. The highest BCUT2D eigenvalue weighted by molar-refractivity contribution is 5.59. The van der Waals surface area contributed by atoms with Crippen LogP contribution in [0.5, 0.6) is 0 Å². The van der Waals surface area contributed by atoms with Crippen molar-refractivity contribution in [1.82, 2.24) is 13.9 Å². The Morgan fingerprint density at radius 3 is 2.50 bits per heavy atom. The van der Waals surface area contributed by atoms with Gasteiger partial charge in [-0.3, -0.25) is 13.9 Å². The van der Waals surface area contributed by atoms with Crippen molar-refractivity contribution in [3.8, 4) is 11.8 Å². The lowest BCUT2D eigenvalue weighted by molar-refractivity contribution is -0.480. The zero-order chi connectivity index (χ0) is 29.8. The van der Waals surface area contributed by atoms with Gasteiger partial charge in [0.25, 0.3) is 0 Å². The molecular weight excluding hydrogens is 550 g/mol. The first-order valence-corrected chi connectivity index (χ1v) is 14.1. The lowest BCUT2D eigenvalue weighted by Crippen LogP contribution is -2.39. The van der Waals surface area contributed by atoms with E-state index in [1.54, 1.807) is 18.5 Å². The quantitative estimate of drug-likeness (QED) is 0.272. The lowest BCUT2D eigenvalue weighted by atomic mass is 9.71. The van der Waals surface area contributed by atoms with Crippen LogP contribution in [-0.2, 0) is 12.7 Å². The number of alkyl halides is 4. The smallest absolute Gasteiger partial charge is 0.299 e. The molecule has 12 heteroatoms. The highest BCUT2D eigenvalue weighted by Crippen LogP contribution is 2.46. The molecule has 2 aliphatic heterocycles. The SMILES string of the molecule is C[N+]1=CN=N[C]1[C@H](c1cc(C#N)cc(-n2cc3c(C(F)(F)F)cc(CN4CCC(C)(F)CC4)cn3c2=O)c1)C1CCC1. The Hall–Kier alpha value is -3.85. The van der Waals surface area contributed by atoms with E-state index in [-0.39, 0.29) is 29.5 Å². The first-order valence-electron chi connectivity index (χ1n) is 14.1. The van der Waals surface area contributed by atoms with Gasteiger partial charge in [-0.05, 0) is 79.0 Å². The number of aromatic nitrogens is 2. The zero-order valence-corrected chi connectivity index (χ0v) is 23.4. The van der Waals surface area contributed by atoms with Crippen LogP contribution in [0.3, 0.4) is 0 Å². The number of benzene rings is 1. The van der Waals surface area contributed by atoms with Gasteiger partial charge in [0.05, 0.1) is 46.5 Å². The molecule has 1 radical (unpaired) electrons. The van der Waals surface area contributed by atoms with Crippen LogP contribution >= 0.6 is 0 Å². The second kappa shape index (κ2) is 10.5. The van der Waals surface area contributed by atoms with Crippen molar-refractivity contribution in [3.63, 3.8) is 0 Å². The monoisotopic (exact) mass is 581 g/mol. The van der Waals surface area contributed by atoms with Gasteiger partial charge in [-0.1, -0.05) is 6.42 Å². The summed E-state index contributed by atoms with van der Waals surface area (Å²) >= 11 is 0. The van der Waals surface area contributed by atoms with Crippen molar-refractivity contribution in [2.45, 2.75) is 63.3 Å². The minimum absolute atomic E-state index is 0.168. The summed E-state index contributed by atoms with van der Waals surface area (Å²) in [5.74, 6) is 0.0862. The molecule has 2 fully saturated rings. The molecule has 1 aromatic carbocycles. The molecule has 6 rings (SSSR count). The fraction of sp³-hybridized carbons (Fsp3) is 0.467. The van der Waals surface area contributed by atoms with Gasteiger partial charge in [0, 0.05) is 32.0 Å². The summed E-state index contributed by atoms with van der Waals surface area (Å²) in [6.45, 7) is 2.54. The number of halogens is 4. The van der Waals surface area contributed by atoms with E-state index in [4.69, 9.17) is 0 Å². The van der Waals surface area contributed by atoms with E-state index in [1.165, 1.54) is 30.0 Å². The summed E-state index contributed by atoms with van der Waals surface area (Å²) in [5, 5.41) is 18.2. The van der Waals surface area contributed by atoms with Gasteiger partial charge < -0.3 is 0 Å². The molecule has 0 amide bonds. The summed E-state index contributed by atoms with van der Waals surface area (Å²) in [6.07, 6.45) is 3.85. The predicted molar refractivity (Wildman–Crippen MR) is 147 cm³/mol. The Morgan fingerprint density at radius 2 is 1.90 bits per heavy atom. The van der Waals surface area contributed by atoms with Crippen LogP contribution < -0.4 is 5.69 Å². The summed E-state index contributed by atoms with van der Waals surface area (Å²) in [6, 6.07) is 8.23. The van der Waals surface area contributed by atoms with Gasteiger partial charge >= 0.3 is 24.4 Å². The fourth-order valence-electron chi connectivity index (χ4n) is 6.18. The number of hydrogen-bond acceptors (Lipinski definition) is 5. The van der Waals surface area contributed by atoms with Gasteiger partial charge in [0.2, 0.25) is 0 Å². The van der Waals surface area contributed by atoms with Gasteiger partial charge in [-0.25, -0.2) is 13.8 Å². The van der Waals surface area contributed by atoms with Crippen molar-refractivity contribution in [1.29, 1.82) is 5.26 Å². The molecule has 1 saturated carbocycles. The molecule has 0 unspecified atom stereocenters. The maximum atomic E-state index is 14.3. The number of nitrogens with zero attached hydrogens (tertiary/aromatic N) is 7. The van der Waals surface area contributed by atoms with Gasteiger partial charge in [-0.15, -0.1) is 0 Å². The Kier molecular flexibility index (Phi) is 7.04.